The molecule has 1 heterocycles. The van der Waals surface area contributed by atoms with Gasteiger partial charge in [0.1, 0.15) is 0 Å². The Bertz CT molecular complexity index is 730. The molecule has 25 heavy (non-hydrogen) atoms. The van der Waals surface area contributed by atoms with Crippen LogP contribution in [0.4, 0.5) is 10.8 Å². The number of nitrogens with zero attached hydrogens (tertiary/aromatic N) is 3. The summed E-state index contributed by atoms with van der Waals surface area (Å²) in [6, 6.07) is 9.87. The highest BCUT2D eigenvalue weighted by Gasteiger charge is 2.18. The SMILES string of the molecule is CCN(C(=O)CSc1nnc(Nc2ccccc2)s1)C1=CCCCC1. The molecule has 1 aromatic heterocycles. The second kappa shape index (κ2) is 9.01. The van der Waals surface area contributed by atoms with Crippen molar-refractivity contribution in [2.24, 2.45) is 0 Å². The number of anilines is 2. The molecule has 0 atom stereocenters. The lowest BCUT2D eigenvalue weighted by molar-refractivity contribution is -0.126. The third kappa shape index (κ3) is 5.06. The van der Waals surface area contributed by atoms with Crippen molar-refractivity contribution >= 4 is 39.8 Å². The third-order valence-corrected chi connectivity index (χ3v) is 5.94. The highest BCUT2D eigenvalue weighted by molar-refractivity contribution is 8.01. The Morgan fingerprint density at radius 1 is 1.28 bits per heavy atom. The van der Waals surface area contributed by atoms with Gasteiger partial charge >= 0.3 is 0 Å². The summed E-state index contributed by atoms with van der Waals surface area (Å²) >= 11 is 2.92. The fourth-order valence-corrected chi connectivity index (χ4v) is 4.42. The molecule has 0 fully saturated rings. The molecule has 2 aromatic rings. The second-order valence-electron chi connectivity index (χ2n) is 5.73. The molecule has 0 saturated heterocycles. The van der Waals surface area contributed by atoms with Gasteiger partial charge in [-0.1, -0.05) is 47.4 Å². The van der Waals surface area contributed by atoms with E-state index in [9.17, 15) is 4.79 Å². The maximum atomic E-state index is 12.5. The van der Waals surface area contributed by atoms with Gasteiger partial charge in [-0.2, -0.15) is 0 Å². The minimum Gasteiger partial charge on any atom is -0.330 e. The van der Waals surface area contributed by atoms with E-state index >= 15 is 0 Å². The van der Waals surface area contributed by atoms with E-state index in [1.165, 1.54) is 41.6 Å². The fraction of sp³-hybridized carbons (Fsp3) is 0.389. The molecule has 1 aromatic carbocycles. The van der Waals surface area contributed by atoms with Crippen LogP contribution in [-0.4, -0.2) is 33.3 Å². The number of thioether (sulfide) groups is 1. The number of rotatable bonds is 7. The number of carbonyl (C=O) groups is 1. The first kappa shape index (κ1) is 17.9. The maximum Gasteiger partial charge on any atom is 0.237 e. The van der Waals surface area contributed by atoms with Crippen molar-refractivity contribution in [3.63, 3.8) is 0 Å². The molecule has 0 spiro atoms. The second-order valence-corrected chi connectivity index (χ2v) is 7.93. The highest BCUT2D eigenvalue weighted by Crippen LogP contribution is 2.28. The summed E-state index contributed by atoms with van der Waals surface area (Å²) in [5.41, 5.74) is 2.16. The molecule has 0 unspecified atom stereocenters. The average molecular weight is 375 g/mol. The Morgan fingerprint density at radius 3 is 2.84 bits per heavy atom. The van der Waals surface area contributed by atoms with Gasteiger partial charge in [0.15, 0.2) is 4.34 Å². The highest BCUT2D eigenvalue weighted by atomic mass is 32.2. The quantitative estimate of drug-likeness (QED) is 0.713. The molecule has 1 aliphatic carbocycles. The molecular formula is C18H22N4OS2. The van der Waals surface area contributed by atoms with Crippen LogP contribution in [-0.2, 0) is 4.79 Å². The van der Waals surface area contributed by atoms with Gasteiger partial charge in [-0.3, -0.25) is 4.79 Å². The minimum atomic E-state index is 0.147. The van der Waals surface area contributed by atoms with E-state index in [-0.39, 0.29) is 5.91 Å². The van der Waals surface area contributed by atoms with Crippen LogP contribution in [0.1, 0.15) is 32.6 Å². The summed E-state index contributed by atoms with van der Waals surface area (Å²) < 4.78 is 0.806. The van der Waals surface area contributed by atoms with Gasteiger partial charge in [0, 0.05) is 17.9 Å². The zero-order chi connectivity index (χ0) is 17.5. The van der Waals surface area contributed by atoms with E-state index in [1.807, 2.05) is 42.2 Å². The van der Waals surface area contributed by atoms with Crippen LogP contribution in [0, 0.1) is 0 Å². The summed E-state index contributed by atoms with van der Waals surface area (Å²) in [5.74, 6) is 0.541. The van der Waals surface area contributed by atoms with E-state index in [2.05, 4.69) is 21.6 Å². The predicted octanol–water partition coefficient (Wildman–Crippen LogP) is 4.68. The number of benzene rings is 1. The Morgan fingerprint density at radius 2 is 2.12 bits per heavy atom. The number of nitrogens with one attached hydrogen (secondary N) is 1. The van der Waals surface area contributed by atoms with Crippen LogP contribution in [0.5, 0.6) is 0 Å². The van der Waals surface area contributed by atoms with Crippen molar-refractivity contribution in [1.82, 2.24) is 15.1 Å². The number of amides is 1. The van der Waals surface area contributed by atoms with Crippen LogP contribution in [0.2, 0.25) is 0 Å². The Labute approximate surface area is 156 Å². The third-order valence-electron chi connectivity index (χ3n) is 3.98. The number of para-hydroxylation sites is 1. The van der Waals surface area contributed by atoms with Crippen LogP contribution in [0.25, 0.3) is 0 Å². The van der Waals surface area contributed by atoms with Gasteiger partial charge in [-0.25, -0.2) is 0 Å². The standard InChI is InChI=1S/C18H22N4OS2/c1-2-22(15-11-7-4-8-12-15)16(23)13-24-18-21-20-17(25-18)19-14-9-5-3-6-10-14/h3,5-6,9-11H,2,4,7-8,12-13H2,1H3,(H,19,20). The summed E-state index contributed by atoms with van der Waals surface area (Å²) in [6.45, 7) is 2.76. The van der Waals surface area contributed by atoms with Crippen LogP contribution < -0.4 is 5.32 Å². The van der Waals surface area contributed by atoms with Crippen LogP contribution >= 0.6 is 23.1 Å². The molecule has 0 radical (unpaired) electrons. The minimum absolute atomic E-state index is 0.147. The number of carbonyl (C=O) groups excluding carboxylic acids is 1. The van der Waals surface area contributed by atoms with Gasteiger partial charge in [0.05, 0.1) is 5.75 Å². The molecule has 0 bridgehead atoms. The maximum absolute atomic E-state index is 12.5. The van der Waals surface area contributed by atoms with Gasteiger partial charge in [0.2, 0.25) is 11.0 Å². The molecule has 3 rings (SSSR count). The molecule has 1 amide bonds. The smallest absolute Gasteiger partial charge is 0.237 e. The number of hydrogen-bond acceptors (Lipinski definition) is 6. The van der Waals surface area contributed by atoms with Gasteiger partial charge in [0.25, 0.3) is 0 Å². The fourth-order valence-electron chi connectivity index (χ4n) is 2.77. The molecular weight excluding hydrogens is 352 g/mol. The number of allylic oxidation sites excluding steroid dienone is 2. The molecule has 1 N–H and O–H groups in total. The summed E-state index contributed by atoms with van der Waals surface area (Å²) in [5, 5.41) is 12.3. The van der Waals surface area contributed by atoms with Gasteiger partial charge in [-0.15, -0.1) is 10.2 Å². The zero-order valence-corrected chi connectivity index (χ0v) is 15.9. The molecule has 7 heteroatoms. The van der Waals surface area contributed by atoms with Crippen molar-refractivity contribution in [2.75, 3.05) is 17.6 Å². The topological polar surface area (TPSA) is 58.1 Å². The zero-order valence-electron chi connectivity index (χ0n) is 14.3. The normalized spacial score (nSPS) is 14.0. The first-order valence-electron chi connectivity index (χ1n) is 8.54. The van der Waals surface area contributed by atoms with E-state index in [0.717, 1.165) is 34.5 Å². The van der Waals surface area contributed by atoms with E-state index in [1.54, 1.807) is 0 Å². The largest absolute Gasteiger partial charge is 0.330 e. The van der Waals surface area contributed by atoms with Crippen LogP contribution in [0.15, 0.2) is 46.4 Å². The van der Waals surface area contributed by atoms with Gasteiger partial charge < -0.3 is 10.2 Å². The van der Waals surface area contributed by atoms with Crippen molar-refractivity contribution in [2.45, 2.75) is 36.9 Å². The van der Waals surface area contributed by atoms with Gasteiger partial charge in [-0.05, 0) is 44.7 Å². The van der Waals surface area contributed by atoms with E-state index in [4.69, 9.17) is 0 Å². The lowest BCUT2D eigenvalue weighted by Gasteiger charge is -2.26. The number of hydrogen-bond donors (Lipinski definition) is 1. The molecule has 0 aliphatic heterocycles. The first-order chi connectivity index (χ1) is 12.3. The number of aromatic nitrogens is 2. The van der Waals surface area contributed by atoms with E-state index in [0.29, 0.717) is 5.75 Å². The molecule has 132 valence electrons. The van der Waals surface area contributed by atoms with Crippen molar-refractivity contribution in [3.05, 3.63) is 42.1 Å². The average Bonchev–Trinajstić information content (AvgIpc) is 3.10. The van der Waals surface area contributed by atoms with Crippen molar-refractivity contribution in [1.29, 1.82) is 0 Å². The van der Waals surface area contributed by atoms with Crippen molar-refractivity contribution < 1.29 is 4.79 Å². The Kier molecular flexibility index (Phi) is 6.47. The van der Waals surface area contributed by atoms with Crippen molar-refractivity contribution in [3.8, 4) is 0 Å². The predicted molar refractivity (Wildman–Crippen MR) is 104 cm³/mol. The summed E-state index contributed by atoms with van der Waals surface area (Å²) in [6.07, 6.45) is 6.70. The summed E-state index contributed by atoms with van der Waals surface area (Å²) in [4.78, 5) is 14.5. The summed E-state index contributed by atoms with van der Waals surface area (Å²) in [7, 11) is 0. The molecule has 0 saturated carbocycles. The molecule has 1 aliphatic rings. The Hall–Kier alpha value is -1.86. The van der Waals surface area contributed by atoms with Crippen LogP contribution in [0.3, 0.4) is 0 Å². The first-order valence-corrected chi connectivity index (χ1v) is 10.3. The lowest BCUT2D eigenvalue weighted by atomic mass is 10.0. The van der Waals surface area contributed by atoms with E-state index < -0.39 is 0 Å². The lowest BCUT2D eigenvalue weighted by Crippen LogP contribution is -2.32. The monoisotopic (exact) mass is 374 g/mol. The Balaban J connectivity index is 1.54. The molecule has 5 nitrogen and oxygen atoms in total.